The maximum atomic E-state index is 3.73. The molecule has 2 nitrogen and oxygen atoms in total. The highest BCUT2D eigenvalue weighted by Gasteiger charge is 2.39. The fourth-order valence-corrected chi connectivity index (χ4v) is 6.09. The molecule has 0 bridgehead atoms. The van der Waals surface area contributed by atoms with Gasteiger partial charge >= 0.3 is 0 Å². The molecule has 140 valence electrons. The van der Waals surface area contributed by atoms with Crippen molar-refractivity contribution in [1.29, 1.82) is 0 Å². The van der Waals surface area contributed by atoms with Crippen molar-refractivity contribution in [2.24, 2.45) is 0 Å². The average molecular weight is 345 g/mol. The van der Waals surface area contributed by atoms with Crippen LogP contribution < -0.4 is 10.6 Å². The molecular formula is C20H44N2S. The quantitative estimate of drug-likeness (QED) is 0.481. The van der Waals surface area contributed by atoms with Crippen LogP contribution in [0.15, 0.2) is 0 Å². The van der Waals surface area contributed by atoms with Gasteiger partial charge in [0.25, 0.3) is 0 Å². The van der Waals surface area contributed by atoms with E-state index in [4.69, 9.17) is 0 Å². The summed E-state index contributed by atoms with van der Waals surface area (Å²) in [7, 11) is 2.10. The van der Waals surface area contributed by atoms with Crippen LogP contribution in [0.4, 0.5) is 0 Å². The molecule has 0 aromatic rings. The zero-order valence-electron chi connectivity index (χ0n) is 17.7. The van der Waals surface area contributed by atoms with Crippen LogP contribution in [0, 0.1) is 0 Å². The van der Waals surface area contributed by atoms with Gasteiger partial charge in [0, 0.05) is 20.6 Å². The summed E-state index contributed by atoms with van der Waals surface area (Å²) in [5.41, 5.74) is 0.459. The zero-order valence-corrected chi connectivity index (χ0v) is 18.5. The Morgan fingerprint density at radius 3 is 1.61 bits per heavy atom. The van der Waals surface area contributed by atoms with E-state index in [2.05, 4.69) is 91.8 Å². The first-order valence-electron chi connectivity index (χ1n) is 9.57. The van der Waals surface area contributed by atoms with Gasteiger partial charge in [0.05, 0.1) is 0 Å². The molecule has 0 heterocycles. The highest BCUT2D eigenvalue weighted by Crippen LogP contribution is 2.47. The van der Waals surface area contributed by atoms with E-state index in [-0.39, 0.29) is 15.8 Å². The summed E-state index contributed by atoms with van der Waals surface area (Å²) in [6, 6.07) is 0. The van der Waals surface area contributed by atoms with Crippen molar-refractivity contribution in [3.63, 3.8) is 0 Å². The van der Waals surface area contributed by atoms with E-state index in [0.717, 1.165) is 6.54 Å². The molecule has 0 aliphatic rings. The van der Waals surface area contributed by atoms with Gasteiger partial charge < -0.3 is 10.6 Å². The van der Waals surface area contributed by atoms with Crippen molar-refractivity contribution in [2.45, 2.75) is 115 Å². The lowest BCUT2D eigenvalue weighted by molar-refractivity contribution is 0.286. The minimum Gasteiger partial charge on any atom is -0.314 e. The number of hydrogen-bond donors (Lipinski definition) is 2. The largest absolute Gasteiger partial charge is 0.314 e. The molecule has 0 amide bonds. The Morgan fingerprint density at radius 2 is 1.26 bits per heavy atom. The normalized spacial score (nSPS) is 20.6. The number of rotatable bonds is 12. The van der Waals surface area contributed by atoms with Gasteiger partial charge in [-0.15, -0.1) is 11.8 Å². The molecule has 0 aromatic carbocycles. The Labute approximate surface area is 151 Å². The standard InChI is InChI=1S/C20H44N2S/c1-11-18(7,21-10)15-17(5,6)23-20(9,13-3)16-19(8,12-2)22-14-4/h21-22H,11-16H2,1-10H3. The van der Waals surface area contributed by atoms with Crippen molar-refractivity contribution in [3.05, 3.63) is 0 Å². The third-order valence-electron chi connectivity index (χ3n) is 5.62. The van der Waals surface area contributed by atoms with E-state index in [1.165, 1.54) is 32.1 Å². The number of thioether (sulfide) groups is 1. The van der Waals surface area contributed by atoms with Crippen molar-refractivity contribution in [2.75, 3.05) is 13.6 Å². The Kier molecular flexibility index (Phi) is 9.21. The molecule has 23 heavy (non-hydrogen) atoms. The van der Waals surface area contributed by atoms with Crippen LogP contribution in [0.5, 0.6) is 0 Å². The summed E-state index contributed by atoms with van der Waals surface area (Å²) < 4.78 is 0.568. The molecule has 3 atom stereocenters. The van der Waals surface area contributed by atoms with Crippen molar-refractivity contribution in [3.8, 4) is 0 Å². The Balaban J connectivity index is 5.15. The van der Waals surface area contributed by atoms with Gasteiger partial charge in [0.15, 0.2) is 0 Å². The Bertz CT molecular complexity index is 339. The van der Waals surface area contributed by atoms with Crippen LogP contribution in [-0.4, -0.2) is 34.2 Å². The minimum atomic E-state index is 0.223. The smallest absolute Gasteiger partial charge is 0.0163 e. The highest BCUT2D eigenvalue weighted by molar-refractivity contribution is 8.01. The highest BCUT2D eigenvalue weighted by atomic mass is 32.2. The zero-order chi connectivity index (χ0) is 18.4. The summed E-state index contributed by atoms with van der Waals surface area (Å²) in [5.74, 6) is 0. The predicted octanol–water partition coefficient (Wildman–Crippen LogP) is 5.61. The van der Waals surface area contributed by atoms with Crippen LogP contribution in [-0.2, 0) is 0 Å². The molecule has 3 heteroatoms. The van der Waals surface area contributed by atoms with Gasteiger partial charge in [-0.3, -0.25) is 0 Å². The van der Waals surface area contributed by atoms with E-state index < -0.39 is 0 Å². The van der Waals surface area contributed by atoms with Crippen LogP contribution in [0.3, 0.4) is 0 Å². The van der Waals surface area contributed by atoms with Crippen LogP contribution in [0.2, 0.25) is 0 Å². The SMILES string of the molecule is CCNC(C)(CC)CC(C)(CC)SC(C)(C)CC(C)(CC)NC. The summed E-state index contributed by atoms with van der Waals surface area (Å²) in [6.07, 6.45) is 5.97. The topological polar surface area (TPSA) is 24.1 Å². The van der Waals surface area contributed by atoms with Gasteiger partial charge in [-0.1, -0.05) is 48.5 Å². The van der Waals surface area contributed by atoms with E-state index in [9.17, 15) is 0 Å². The van der Waals surface area contributed by atoms with Gasteiger partial charge in [-0.05, 0) is 59.5 Å². The summed E-state index contributed by atoms with van der Waals surface area (Å²) >= 11 is 2.20. The fourth-order valence-electron chi connectivity index (χ4n) is 3.83. The van der Waals surface area contributed by atoms with Crippen LogP contribution in [0.25, 0.3) is 0 Å². The second-order valence-electron chi connectivity index (χ2n) is 8.63. The predicted molar refractivity (Wildman–Crippen MR) is 110 cm³/mol. The molecule has 0 aliphatic carbocycles. The van der Waals surface area contributed by atoms with Crippen molar-refractivity contribution >= 4 is 11.8 Å². The first-order chi connectivity index (χ1) is 10.4. The first-order valence-corrected chi connectivity index (χ1v) is 10.4. The average Bonchev–Trinajstić information content (AvgIpc) is 2.46. The lowest BCUT2D eigenvalue weighted by atomic mass is 9.85. The Hall–Kier alpha value is 0.270. The molecule has 0 fully saturated rings. The third kappa shape index (κ3) is 7.79. The molecule has 0 aromatic heterocycles. The van der Waals surface area contributed by atoms with Crippen LogP contribution >= 0.6 is 11.8 Å². The van der Waals surface area contributed by atoms with Gasteiger partial charge in [0.2, 0.25) is 0 Å². The second-order valence-corrected chi connectivity index (χ2v) is 10.9. The maximum absolute atomic E-state index is 3.73. The minimum absolute atomic E-state index is 0.223. The number of hydrogen-bond acceptors (Lipinski definition) is 3. The fraction of sp³-hybridized carbons (Fsp3) is 1.00. The summed E-state index contributed by atoms with van der Waals surface area (Å²) in [4.78, 5) is 0. The van der Waals surface area contributed by atoms with E-state index in [1.54, 1.807) is 0 Å². The first kappa shape index (κ1) is 23.3. The molecule has 0 saturated heterocycles. The van der Waals surface area contributed by atoms with Crippen molar-refractivity contribution < 1.29 is 0 Å². The molecule has 3 unspecified atom stereocenters. The summed E-state index contributed by atoms with van der Waals surface area (Å²) in [5, 5.41) is 7.27. The van der Waals surface area contributed by atoms with Crippen LogP contribution in [0.1, 0.15) is 94.4 Å². The molecule has 2 N–H and O–H groups in total. The van der Waals surface area contributed by atoms with Gasteiger partial charge in [-0.2, -0.15) is 0 Å². The monoisotopic (exact) mass is 344 g/mol. The summed E-state index contributed by atoms with van der Waals surface area (Å²) in [6.45, 7) is 22.3. The van der Waals surface area contributed by atoms with Gasteiger partial charge in [-0.25, -0.2) is 0 Å². The number of nitrogens with one attached hydrogen (secondary N) is 2. The maximum Gasteiger partial charge on any atom is 0.0163 e. The van der Waals surface area contributed by atoms with E-state index in [0.29, 0.717) is 4.75 Å². The van der Waals surface area contributed by atoms with Gasteiger partial charge in [0.1, 0.15) is 0 Å². The molecule has 0 aliphatic heterocycles. The molecule has 0 rings (SSSR count). The second kappa shape index (κ2) is 9.10. The lowest BCUT2D eigenvalue weighted by Gasteiger charge is -2.45. The van der Waals surface area contributed by atoms with E-state index >= 15 is 0 Å². The molecule has 0 saturated carbocycles. The van der Waals surface area contributed by atoms with Crippen molar-refractivity contribution in [1.82, 2.24) is 10.6 Å². The molecule has 0 radical (unpaired) electrons. The lowest BCUT2D eigenvalue weighted by Crippen LogP contribution is -2.49. The molecular weight excluding hydrogens is 300 g/mol. The van der Waals surface area contributed by atoms with E-state index in [1.807, 2.05) is 0 Å². The Morgan fingerprint density at radius 1 is 0.739 bits per heavy atom. The third-order valence-corrected chi connectivity index (χ3v) is 7.24. The molecule has 0 spiro atoms.